The predicted octanol–water partition coefficient (Wildman–Crippen LogP) is 3.25. The van der Waals surface area contributed by atoms with Crippen molar-refractivity contribution >= 4 is 11.5 Å². The molecular formula is C16H12N2O4. The second-order valence-corrected chi connectivity index (χ2v) is 4.59. The van der Waals surface area contributed by atoms with Crippen molar-refractivity contribution < 1.29 is 14.5 Å². The van der Waals surface area contributed by atoms with Gasteiger partial charge in [0.25, 0.3) is 5.69 Å². The second kappa shape index (κ2) is 6.50. The smallest absolute Gasteiger partial charge is 0.283 e. The van der Waals surface area contributed by atoms with Gasteiger partial charge in [0.2, 0.25) is 0 Å². The molecule has 2 aromatic carbocycles. The number of ketones is 1. The summed E-state index contributed by atoms with van der Waals surface area (Å²) in [6.07, 6.45) is 0. The average molecular weight is 296 g/mol. The molecule has 0 amide bonds. The number of rotatable bonds is 5. The normalized spacial score (nSPS) is 9.82. The summed E-state index contributed by atoms with van der Waals surface area (Å²) >= 11 is 0. The number of nitro benzene ring substituents is 1. The number of nitriles is 1. The molecule has 0 aliphatic heterocycles. The van der Waals surface area contributed by atoms with Crippen molar-refractivity contribution in [1.82, 2.24) is 0 Å². The van der Waals surface area contributed by atoms with Crippen LogP contribution >= 0.6 is 0 Å². The van der Waals surface area contributed by atoms with E-state index in [4.69, 9.17) is 10.00 Å². The Morgan fingerprint density at radius 1 is 1.27 bits per heavy atom. The molecule has 0 saturated carbocycles. The van der Waals surface area contributed by atoms with Crippen molar-refractivity contribution in [3.05, 3.63) is 69.3 Å². The zero-order valence-corrected chi connectivity index (χ0v) is 11.8. The first-order valence-electron chi connectivity index (χ1n) is 6.42. The van der Waals surface area contributed by atoms with E-state index in [-0.39, 0.29) is 23.6 Å². The molecule has 0 saturated heterocycles. The Morgan fingerprint density at radius 2 is 1.95 bits per heavy atom. The van der Waals surface area contributed by atoms with Gasteiger partial charge in [0.15, 0.2) is 5.78 Å². The number of carbonyl (C=O) groups is 1. The van der Waals surface area contributed by atoms with Crippen molar-refractivity contribution in [1.29, 1.82) is 5.26 Å². The van der Waals surface area contributed by atoms with Gasteiger partial charge in [-0.05, 0) is 36.8 Å². The molecule has 6 nitrogen and oxygen atoms in total. The summed E-state index contributed by atoms with van der Waals surface area (Å²) < 4.78 is 5.49. The topological polar surface area (TPSA) is 93.2 Å². The lowest BCUT2D eigenvalue weighted by atomic mass is 10.1. The minimum Gasteiger partial charge on any atom is -0.489 e. The summed E-state index contributed by atoms with van der Waals surface area (Å²) in [5.41, 5.74) is 1.16. The summed E-state index contributed by atoms with van der Waals surface area (Å²) in [6.45, 7) is 1.49. The Morgan fingerprint density at radius 3 is 2.50 bits per heavy atom. The number of benzene rings is 2. The fraction of sp³-hybridized carbons (Fsp3) is 0.125. The van der Waals surface area contributed by atoms with Crippen molar-refractivity contribution in [2.24, 2.45) is 0 Å². The van der Waals surface area contributed by atoms with E-state index in [1.54, 1.807) is 24.3 Å². The molecule has 0 unspecified atom stereocenters. The largest absolute Gasteiger partial charge is 0.489 e. The molecule has 0 N–H and O–H groups in total. The van der Waals surface area contributed by atoms with Gasteiger partial charge in [-0.3, -0.25) is 14.9 Å². The highest BCUT2D eigenvalue weighted by Gasteiger charge is 2.18. The third-order valence-electron chi connectivity index (χ3n) is 3.03. The van der Waals surface area contributed by atoms with Crippen LogP contribution in [0.3, 0.4) is 0 Å². The van der Waals surface area contributed by atoms with Crippen LogP contribution in [0.5, 0.6) is 5.75 Å². The Hall–Kier alpha value is -3.20. The molecule has 0 fully saturated rings. The maximum atomic E-state index is 11.4. The van der Waals surface area contributed by atoms with E-state index in [1.165, 1.54) is 25.1 Å². The van der Waals surface area contributed by atoms with Gasteiger partial charge >= 0.3 is 0 Å². The van der Waals surface area contributed by atoms with Crippen molar-refractivity contribution in [2.45, 2.75) is 13.5 Å². The van der Waals surface area contributed by atoms with E-state index < -0.39 is 4.92 Å². The molecule has 0 aliphatic carbocycles. The van der Waals surface area contributed by atoms with Gasteiger partial charge in [0.05, 0.1) is 28.2 Å². The minimum absolute atomic E-state index is 0.0516. The zero-order valence-electron chi connectivity index (χ0n) is 11.8. The quantitative estimate of drug-likeness (QED) is 0.479. The van der Waals surface area contributed by atoms with E-state index in [0.717, 1.165) is 5.56 Å². The highest BCUT2D eigenvalue weighted by Crippen LogP contribution is 2.25. The molecule has 6 heteroatoms. The Balaban J connectivity index is 2.16. The SMILES string of the molecule is CC(=O)c1ccc(OCc2ccc(C#N)cc2)cc1[N+](=O)[O-]. The summed E-state index contributed by atoms with van der Waals surface area (Å²) in [7, 11) is 0. The van der Waals surface area contributed by atoms with E-state index in [0.29, 0.717) is 11.3 Å². The predicted molar refractivity (Wildman–Crippen MR) is 78.6 cm³/mol. The van der Waals surface area contributed by atoms with E-state index >= 15 is 0 Å². The monoisotopic (exact) mass is 296 g/mol. The molecule has 0 atom stereocenters. The number of hydrogen-bond donors (Lipinski definition) is 0. The van der Waals surface area contributed by atoms with Gasteiger partial charge in [-0.1, -0.05) is 12.1 Å². The highest BCUT2D eigenvalue weighted by molar-refractivity contribution is 5.98. The number of Topliss-reactive ketones (excluding diaryl/α,β-unsaturated/α-hetero) is 1. The van der Waals surface area contributed by atoms with Crippen LogP contribution < -0.4 is 4.74 Å². The third-order valence-corrected chi connectivity index (χ3v) is 3.03. The van der Waals surface area contributed by atoms with Crippen LogP contribution in [0.4, 0.5) is 5.69 Å². The molecule has 0 aromatic heterocycles. The van der Waals surface area contributed by atoms with Crippen molar-refractivity contribution in [3.8, 4) is 11.8 Å². The van der Waals surface area contributed by atoms with Crippen LogP contribution in [0.2, 0.25) is 0 Å². The average Bonchev–Trinajstić information content (AvgIpc) is 2.53. The van der Waals surface area contributed by atoms with E-state index in [2.05, 4.69) is 0 Å². The number of nitro groups is 1. The third kappa shape index (κ3) is 3.46. The maximum Gasteiger partial charge on any atom is 0.283 e. The Kier molecular flexibility index (Phi) is 4.49. The van der Waals surface area contributed by atoms with E-state index in [9.17, 15) is 14.9 Å². The van der Waals surface area contributed by atoms with Crippen LogP contribution in [-0.2, 0) is 6.61 Å². The molecule has 110 valence electrons. The fourth-order valence-electron chi connectivity index (χ4n) is 1.89. The fourth-order valence-corrected chi connectivity index (χ4v) is 1.89. The highest BCUT2D eigenvalue weighted by atomic mass is 16.6. The Labute approximate surface area is 126 Å². The first-order chi connectivity index (χ1) is 10.5. The molecule has 2 aromatic rings. The number of hydrogen-bond acceptors (Lipinski definition) is 5. The second-order valence-electron chi connectivity index (χ2n) is 4.59. The summed E-state index contributed by atoms with van der Waals surface area (Å²) in [4.78, 5) is 21.7. The summed E-state index contributed by atoms with van der Waals surface area (Å²) in [5.74, 6) is -0.0635. The van der Waals surface area contributed by atoms with Gasteiger partial charge in [-0.15, -0.1) is 0 Å². The first kappa shape index (κ1) is 15.2. The molecule has 0 heterocycles. The molecule has 0 spiro atoms. The van der Waals surface area contributed by atoms with Crippen LogP contribution in [-0.4, -0.2) is 10.7 Å². The van der Waals surface area contributed by atoms with Gasteiger partial charge in [-0.2, -0.15) is 5.26 Å². The molecule has 0 aliphatic rings. The summed E-state index contributed by atoms with van der Waals surface area (Å²) in [5, 5.41) is 19.7. The van der Waals surface area contributed by atoms with Crippen LogP contribution in [0.25, 0.3) is 0 Å². The zero-order chi connectivity index (χ0) is 16.1. The number of ether oxygens (including phenoxy) is 1. The molecule has 0 radical (unpaired) electrons. The molecular weight excluding hydrogens is 284 g/mol. The lowest BCUT2D eigenvalue weighted by molar-refractivity contribution is -0.385. The first-order valence-corrected chi connectivity index (χ1v) is 6.42. The molecule has 2 rings (SSSR count). The van der Waals surface area contributed by atoms with E-state index in [1.807, 2.05) is 6.07 Å². The van der Waals surface area contributed by atoms with Gasteiger partial charge in [0.1, 0.15) is 12.4 Å². The Bertz CT molecular complexity index is 761. The minimum atomic E-state index is -0.606. The number of carbonyl (C=O) groups excluding carboxylic acids is 1. The van der Waals surface area contributed by atoms with Crippen LogP contribution in [0.1, 0.15) is 28.4 Å². The lowest BCUT2D eigenvalue weighted by Crippen LogP contribution is -2.02. The van der Waals surface area contributed by atoms with Crippen molar-refractivity contribution in [3.63, 3.8) is 0 Å². The standard InChI is InChI=1S/C16H12N2O4/c1-11(19)15-7-6-14(8-16(15)18(20)21)22-10-13-4-2-12(9-17)3-5-13/h2-8H,10H2,1H3. The van der Waals surface area contributed by atoms with Crippen LogP contribution in [0, 0.1) is 21.4 Å². The van der Waals surface area contributed by atoms with Gasteiger partial charge in [0, 0.05) is 0 Å². The molecule has 0 bridgehead atoms. The molecule has 22 heavy (non-hydrogen) atoms. The maximum absolute atomic E-state index is 11.4. The summed E-state index contributed by atoms with van der Waals surface area (Å²) in [6, 6.07) is 13.0. The number of nitrogens with zero attached hydrogens (tertiary/aromatic N) is 2. The van der Waals surface area contributed by atoms with Crippen molar-refractivity contribution in [2.75, 3.05) is 0 Å². The van der Waals surface area contributed by atoms with Gasteiger partial charge < -0.3 is 4.74 Å². The lowest BCUT2D eigenvalue weighted by Gasteiger charge is -2.07. The van der Waals surface area contributed by atoms with Gasteiger partial charge in [-0.25, -0.2) is 0 Å². The van der Waals surface area contributed by atoms with Crippen LogP contribution in [0.15, 0.2) is 42.5 Å².